The Morgan fingerprint density at radius 2 is 2.17 bits per heavy atom. The molecule has 1 heterocycles. The van der Waals surface area contributed by atoms with Crippen molar-refractivity contribution in [2.45, 2.75) is 0 Å². The Labute approximate surface area is 82.7 Å². The molecular weight excluding hydrogens is 239 g/mol. The van der Waals surface area contributed by atoms with Crippen LogP contribution in [-0.2, 0) is 0 Å². The lowest BCUT2D eigenvalue weighted by Crippen LogP contribution is -1.84. The normalized spacial score (nSPS) is 10.5. The Kier molecular flexibility index (Phi) is 1.98. The van der Waals surface area contributed by atoms with Crippen LogP contribution in [0.15, 0.2) is 29.0 Å². The first-order valence-electron chi connectivity index (χ1n) is 3.34. The summed E-state index contributed by atoms with van der Waals surface area (Å²) in [5.41, 5.74) is 1.54. The molecule has 4 heteroatoms. The molecule has 0 fully saturated rings. The van der Waals surface area contributed by atoms with Gasteiger partial charge in [-0.1, -0.05) is 17.7 Å². The summed E-state index contributed by atoms with van der Waals surface area (Å²) >= 11 is 9.13. The van der Waals surface area contributed by atoms with Crippen molar-refractivity contribution >= 4 is 38.6 Å². The summed E-state index contributed by atoms with van der Waals surface area (Å²) in [7, 11) is 0. The van der Waals surface area contributed by atoms with Gasteiger partial charge in [0.1, 0.15) is 10.1 Å². The van der Waals surface area contributed by atoms with Crippen LogP contribution < -0.4 is 0 Å². The van der Waals surface area contributed by atoms with Gasteiger partial charge in [0.25, 0.3) is 0 Å². The van der Waals surface area contributed by atoms with Crippen LogP contribution in [0.4, 0.5) is 0 Å². The van der Waals surface area contributed by atoms with Gasteiger partial charge >= 0.3 is 0 Å². The molecule has 0 amide bonds. The third-order valence-corrected chi connectivity index (χ3v) is 2.18. The first-order valence-corrected chi connectivity index (χ1v) is 4.51. The summed E-state index contributed by atoms with van der Waals surface area (Å²) in [5.74, 6) is 0. The van der Waals surface area contributed by atoms with Crippen molar-refractivity contribution < 1.29 is 0 Å². The highest BCUT2D eigenvalue weighted by Crippen LogP contribution is 2.20. The van der Waals surface area contributed by atoms with Crippen LogP contribution in [-0.4, -0.2) is 9.97 Å². The maximum absolute atomic E-state index is 5.89. The number of para-hydroxylation sites is 1. The summed E-state index contributed by atoms with van der Waals surface area (Å²) in [6.45, 7) is 0. The Balaban J connectivity index is 2.86. The quantitative estimate of drug-likeness (QED) is 0.711. The van der Waals surface area contributed by atoms with Crippen LogP contribution in [0.5, 0.6) is 0 Å². The molecule has 2 nitrogen and oxygen atoms in total. The summed E-state index contributed by atoms with van der Waals surface area (Å²) in [5, 5.41) is 0.632. The zero-order valence-electron chi connectivity index (χ0n) is 5.96. The number of aromatic nitrogens is 2. The van der Waals surface area contributed by atoms with Crippen LogP contribution in [0.3, 0.4) is 0 Å². The maximum Gasteiger partial charge on any atom is 0.125 e. The molecule has 0 aliphatic rings. The third kappa shape index (κ3) is 1.30. The first kappa shape index (κ1) is 7.95. The minimum Gasteiger partial charge on any atom is -0.250 e. The van der Waals surface area contributed by atoms with E-state index in [-0.39, 0.29) is 0 Å². The number of nitrogens with zero attached hydrogens (tertiary/aromatic N) is 2. The summed E-state index contributed by atoms with van der Waals surface area (Å²) < 4.78 is 0.720. The van der Waals surface area contributed by atoms with Gasteiger partial charge in [-0.3, -0.25) is 4.98 Å². The summed E-state index contributed by atoms with van der Waals surface area (Å²) in [6.07, 6.45) is 1.63. The first-order chi connectivity index (χ1) is 5.77. The monoisotopic (exact) mass is 242 g/mol. The number of hydrogen-bond donors (Lipinski definition) is 0. The molecule has 0 aliphatic carbocycles. The molecule has 0 bridgehead atoms. The number of rotatable bonds is 0. The highest BCUT2D eigenvalue weighted by Gasteiger charge is 2.00. The van der Waals surface area contributed by atoms with Gasteiger partial charge < -0.3 is 0 Å². The largest absolute Gasteiger partial charge is 0.250 e. The molecule has 60 valence electrons. The van der Waals surface area contributed by atoms with Crippen molar-refractivity contribution in [1.29, 1.82) is 0 Å². The molecule has 0 unspecified atom stereocenters. The molecule has 12 heavy (non-hydrogen) atoms. The Bertz CT molecular complexity index is 430. The molecule has 2 rings (SSSR count). The summed E-state index contributed by atoms with van der Waals surface area (Å²) in [6, 6.07) is 5.53. The fraction of sp³-hybridized carbons (Fsp3) is 0. The molecule has 0 saturated carbocycles. The highest BCUT2D eigenvalue weighted by molar-refractivity contribution is 9.10. The van der Waals surface area contributed by atoms with Crippen molar-refractivity contribution in [3.05, 3.63) is 34.0 Å². The van der Waals surface area contributed by atoms with Crippen LogP contribution in [0, 0.1) is 0 Å². The SMILES string of the molecule is Clc1cccc2nc(Br)cnc12. The van der Waals surface area contributed by atoms with Crippen LogP contribution in [0.1, 0.15) is 0 Å². The van der Waals surface area contributed by atoms with Gasteiger partial charge in [-0.2, -0.15) is 0 Å². The number of benzene rings is 1. The second-order valence-corrected chi connectivity index (χ2v) is 3.52. The number of hydrogen-bond acceptors (Lipinski definition) is 2. The van der Waals surface area contributed by atoms with Crippen LogP contribution >= 0.6 is 27.5 Å². The highest BCUT2D eigenvalue weighted by atomic mass is 79.9. The molecule has 0 saturated heterocycles. The average molecular weight is 243 g/mol. The number of halogens is 2. The van der Waals surface area contributed by atoms with E-state index in [2.05, 4.69) is 25.9 Å². The van der Waals surface area contributed by atoms with E-state index in [1.54, 1.807) is 12.3 Å². The smallest absolute Gasteiger partial charge is 0.125 e. The van der Waals surface area contributed by atoms with Gasteiger partial charge in [0.15, 0.2) is 0 Å². The molecule has 0 N–H and O–H groups in total. The van der Waals surface area contributed by atoms with Gasteiger partial charge in [0.2, 0.25) is 0 Å². The van der Waals surface area contributed by atoms with Gasteiger partial charge in [-0.25, -0.2) is 4.98 Å². The third-order valence-electron chi connectivity index (χ3n) is 1.49. The topological polar surface area (TPSA) is 25.8 Å². The van der Waals surface area contributed by atoms with E-state index in [9.17, 15) is 0 Å². The van der Waals surface area contributed by atoms with Crippen molar-refractivity contribution in [1.82, 2.24) is 9.97 Å². The molecule has 1 aromatic carbocycles. The standard InChI is InChI=1S/C8H4BrClN2/c9-7-4-11-8-5(10)2-1-3-6(8)12-7/h1-4H. The Morgan fingerprint density at radius 1 is 1.33 bits per heavy atom. The molecular formula is C8H4BrClN2. The lowest BCUT2D eigenvalue weighted by Gasteiger charge is -1.97. The molecule has 0 aliphatic heterocycles. The number of fused-ring (bicyclic) bond motifs is 1. The Morgan fingerprint density at radius 3 is 3.00 bits per heavy atom. The van der Waals surface area contributed by atoms with Crippen LogP contribution in [0.2, 0.25) is 5.02 Å². The van der Waals surface area contributed by atoms with Gasteiger partial charge in [0.05, 0.1) is 16.7 Å². The van der Waals surface area contributed by atoms with Crippen LogP contribution in [0.25, 0.3) is 11.0 Å². The summed E-state index contributed by atoms with van der Waals surface area (Å²) in [4.78, 5) is 8.35. The lowest BCUT2D eigenvalue weighted by molar-refractivity contribution is 1.25. The molecule has 0 atom stereocenters. The van der Waals surface area contributed by atoms with E-state index in [4.69, 9.17) is 11.6 Å². The van der Waals surface area contributed by atoms with Crippen molar-refractivity contribution in [2.24, 2.45) is 0 Å². The minimum atomic E-state index is 0.632. The van der Waals surface area contributed by atoms with Crippen molar-refractivity contribution in [3.63, 3.8) is 0 Å². The second-order valence-electron chi connectivity index (χ2n) is 2.30. The zero-order valence-corrected chi connectivity index (χ0v) is 8.30. The second kappa shape index (κ2) is 2.99. The van der Waals surface area contributed by atoms with E-state index in [0.717, 1.165) is 15.6 Å². The van der Waals surface area contributed by atoms with E-state index in [0.29, 0.717) is 5.02 Å². The van der Waals surface area contributed by atoms with E-state index < -0.39 is 0 Å². The fourth-order valence-electron chi connectivity index (χ4n) is 0.984. The maximum atomic E-state index is 5.89. The predicted octanol–water partition coefficient (Wildman–Crippen LogP) is 3.05. The van der Waals surface area contributed by atoms with E-state index >= 15 is 0 Å². The molecule has 2 aromatic rings. The average Bonchev–Trinajstić information content (AvgIpc) is 2.04. The molecule has 0 radical (unpaired) electrons. The van der Waals surface area contributed by atoms with Gasteiger partial charge in [-0.05, 0) is 28.1 Å². The van der Waals surface area contributed by atoms with E-state index in [1.807, 2.05) is 12.1 Å². The Hall–Kier alpha value is -0.670. The van der Waals surface area contributed by atoms with Gasteiger partial charge in [0, 0.05) is 0 Å². The fourth-order valence-corrected chi connectivity index (χ4v) is 1.50. The lowest BCUT2D eigenvalue weighted by atomic mass is 10.3. The predicted molar refractivity (Wildman–Crippen MR) is 52.2 cm³/mol. The zero-order chi connectivity index (χ0) is 8.55. The van der Waals surface area contributed by atoms with E-state index in [1.165, 1.54) is 0 Å². The molecule has 0 spiro atoms. The van der Waals surface area contributed by atoms with Crippen molar-refractivity contribution in [2.75, 3.05) is 0 Å². The van der Waals surface area contributed by atoms with Gasteiger partial charge in [-0.15, -0.1) is 0 Å². The minimum absolute atomic E-state index is 0.632. The van der Waals surface area contributed by atoms with Crippen molar-refractivity contribution in [3.8, 4) is 0 Å². The molecule has 1 aromatic heterocycles.